The third-order valence-corrected chi connectivity index (χ3v) is 2.56. The molecule has 0 aliphatic carbocycles. The van der Waals surface area contributed by atoms with Crippen LogP contribution in [0.2, 0.25) is 5.02 Å². The maximum absolute atomic E-state index is 9.74. The molecule has 1 atom stereocenters. The van der Waals surface area contributed by atoms with Crippen LogP contribution in [0, 0.1) is 6.92 Å². The quantitative estimate of drug-likeness (QED) is 0.476. The highest BCUT2D eigenvalue weighted by Gasteiger charge is 2.07. The minimum atomic E-state index is -0.605. The number of aliphatic hydroxyl groups is 1. The first-order valence-corrected chi connectivity index (χ1v) is 4.98. The Morgan fingerprint density at radius 3 is 2.93 bits per heavy atom. The van der Waals surface area contributed by atoms with Gasteiger partial charge in [0.15, 0.2) is 0 Å². The van der Waals surface area contributed by atoms with E-state index >= 15 is 0 Å². The minimum Gasteiger partial charge on any atom is -0.388 e. The minimum absolute atomic E-state index is 0.291. The van der Waals surface area contributed by atoms with E-state index < -0.39 is 6.10 Å². The van der Waals surface area contributed by atoms with E-state index in [0.717, 1.165) is 11.1 Å². The van der Waals surface area contributed by atoms with Crippen molar-refractivity contribution in [3.63, 3.8) is 0 Å². The van der Waals surface area contributed by atoms with Gasteiger partial charge in [-0.3, -0.25) is 0 Å². The summed E-state index contributed by atoms with van der Waals surface area (Å²) < 4.78 is 0. The Bertz CT molecular complexity index is 388. The lowest BCUT2D eigenvalue weighted by Gasteiger charge is -2.10. The van der Waals surface area contributed by atoms with Crippen molar-refractivity contribution in [2.24, 2.45) is 5.11 Å². The molecule has 0 saturated carbocycles. The molecule has 0 bridgehead atoms. The van der Waals surface area contributed by atoms with Gasteiger partial charge in [-0.05, 0) is 36.1 Å². The molecular formula is C10H12ClN3O. The van der Waals surface area contributed by atoms with Gasteiger partial charge in [-0.2, -0.15) is 0 Å². The first kappa shape index (κ1) is 11.9. The van der Waals surface area contributed by atoms with E-state index in [-0.39, 0.29) is 0 Å². The molecule has 80 valence electrons. The topological polar surface area (TPSA) is 69.0 Å². The molecule has 1 aromatic carbocycles. The lowest BCUT2D eigenvalue weighted by molar-refractivity contribution is 0.170. The zero-order valence-electron chi connectivity index (χ0n) is 8.39. The number of benzene rings is 1. The van der Waals surface area contributed by atoms with E-state index in [4.69, 9.17) is 17.1 Å². The summed E-state index contributed by atoms with van der Waals surface area (Å²) in [6.07, 6.45) is -0.183. The van der Waals surface area contributed by atoms with Gasteiger partial charge in [0.1, 0.15) is 0 Å². The Hall–Kier alpha value is -1.22. The average Bonchev–Trinajstić information content (AvgIpc) is 2.22. The van der Waals surface area contributed by atoms with Crippen molar-refractivity contribution in [2.75, 3.05) is 6.54 Å². The fourth-order valence-electron chi connectivity index (χ4n) is 1.27. The summed E-state index contributed by atoms with van der Waals surface area (Å²) in [4.78, 5) is 2.63. The highest BCUT2D eigenvalue weighted by molar-refractivity contribution is 6.31. The van der Waals surface area contributed by atoms with Crippen LogP contribution in [0.4, 0.5) is 0 Å². The number of aryl methyl sites for hydroxylation is 1. The van der Waals surface area contributed by atoms with Gasteiger partial charge in [0.25, 0.3) is 0 Å². The van der Waals surface area contributed by atoms with Crippen molar-refractivity contribution < 1.29 is 5.11 Å². The van der Waals surface area contributed by atoms with E-state index in [9.17, 15) is 5.11 Å². The largest absolute Gasteiger partial charge is 0.388 e. The number of azide groups is 1. The molecule has 1 N–H and O–H groups in total. The third kappa shape index (κ3) is 3.44. The van der Waals surface area contributed by atoms with Crippen molar-refractivity contribution >= 4 is 11.6 Å². The maximum atomic E-state index is 9.74. The monoisotopic (exact) mass is 225 g/mol. The van der Waals surface area contributed by atoms with E-state index in [0.29, 0.717) is 18.0 Å². The SMILES string of the molecule is Cc1cc(C(O)CCN=[N+]=[N-])ccc1Cl. The van der Waals surface area contributed by atoms with Crippen molar-refractivity contribution in [1.29, 1.82) is 0 Å². The van der Waals surface area contributed by atoms with Gasteiger partial charge in [0.05, 0.1) is 6.10 Å². The van der Waals surface area contributed by atoms with Gasteiger partial charge in [-0.15, -0.1) is 0 Å². The zero-order chi connectivity index (χ0) is 11.3. The molecule has 1 aromatic rings. The van der Waals surface area contributed by atoms with Crippen molar-refractivity contribution in [2.45, 2.75) is 19.4 Å². The van der Waals surface area contributed by atoms with Gasteiger partial charge in [0.2, 0.25) is 0 Å². The molecular weight excluding hydrogens is 214 g/mol. The summed E-state index contributed by atoms with van der Waals surface area (Å²) in [5.41, 5.74) is 9.81. The predicted octanol–water partition coefficient (Wildman–Crippen LogP) is 3.38. The van der Waals surface area contributed by atoms with Crippen LogP contribution in [0.1, 0.15) is 23.7 Å². The fourth-order valence-corrected chi connectivity index (χ4v) is 1.38. The Morgan fingerprint density at radius 1 is 1.60 bits per heavy atom. The number of halogens is 1. The Kier molecular flexibility index (Phi) is 4.43. The van der Waals surface area contributed by atoms with Crippen LogP contribution in [-0.2, 0) is 0 Å². The van der Waals surface area contributed by atoms with Gasteiger partial charge < -0.3 is 5.11 Å². The first-order chi connectivity index (χ1) is 7.15. The standard InChI is InChI=1S/C10H12ClN3O/c1-7-6-8(2-3-9(7)11)10(15)4-5-13-14-12/h2-3,6,10,15H,4-5H2,1H3. The van der Waals surface area contributed by atoms with Crippen molar-refractivity contribution in [3.8, 4) is 0 Å². The molecule has 0 amide bonds. The highest BCUT2D eigenvalue weighted by Crippen LogP contribution is 2.22. The molecule has 0 fully saturated rings. The predicted molar refractivity (Wildman–Crippen MR) is 59.8 cm³/mol. The summed E-state index contributed by atoms with van der Waals surface area (Å²) in [6.45, 7) is 2.17. The number of hydrogen-bond donors (Lipinski definition) is 1. The second-order valence-electron chi connectivity index (χ2n) is 3.27. The molecule has 0 aromatic heterocycles. The average molecular weight is 226 g/mol. The second-order valence-corrected chi connectivity index (χ2v) is 3.67. The molecule has 0 saturated heterocycles. The summed E-state index contributed by atoms with van der Waals surface area (Å²) in [6, 6.07) is 5.36. The van der Waals surface area contributed by atoms with E-state index in [1.54, 1.807) is 12.1 Å². The highest BCUT2D eigenvalue weighted by atomic mass is 35.5. The Labute approximate surface area is 93.1 Å². The first-order valence-electron chi connectivity index (χ1n) is 4.60. The van der Waals surface area contributed by atoms with Gasteiger partial charge in [-0.1, -0.05) is 28.8 Å². The van der Waals surface area contributed by atoms with E-state index in [1.807, 2.05) is 13.0 Å². The van der Waals surface area contributed by atoms with Crippen LogP contribution in [0.3, 0.4) is 0 Å². The fraction of sp³-hybridized carbons (Fsp3) is 0.400. The van der Waals surface area contributed by atoms with Gasteiger partial charge in [-0.25, -0.2) is 0 Å². The van der Waals surface area contributed by atoms with Crippen LogP contribution in [0.5, 0.6) is 0 Å². The smallest absolute Gasteiger partial charge is 0.0791 e. The van der Waals surface area contributed by atoms with E-state index in [1.165, 1.54) is 0 Å². The Balaban J connectivity index is 2.69. The van der Waals surface area contributed by atoms with Crippen LogP contribution in [-0.4, -0.2) is 11.7 Å². The summed E-state index contributed by atoms with van der Waals surface area (Å²) in [7, 11) is 0. The van der Waals surface area contributed by atoms with Crippen LogP contribution >= 0.6 is 11.6 Å². The second kappa shape index (κ2) is 5.61. The molecule has 0 aliphatic heterocycles. The summed E-state index contributed by atoms with van der Waals surface area (Å²) >= 11 is 5.86. The lowest BCUT2D eigenvalue weighted by Crippen LogP contribution is -1.99. The zero-order valence-corrected chi connectivity index (χ0v) is 9.15. The molecule has 4 nitrogen and oxygen atoms in total. The molecule has 1 rings (SSSR count). The number of nitrogens with zero attached hydrogens (tertiary/aromatic N) is 3. The molecule has 5 heteroatoms. The maximum Gasteiger partial charge on any atom is 0.0791 e. The number of hydrogen-bond acceptors (Lipinski definition) is 2. The van der Waals surface area contributed by atoms with Crippen LogP contribution in [0.15, 0.2) is 23.3 Å². The molecule has 0 heterocycles. The molecule has 1 unspecified atom stereocenters. The lowest BCUT2D eigenvalue weighted by atomic mass is 10.0. The van der Waals surface area contributed by atoms with Crippen LogP contribution in [0.25, 0.3) is 10.4 Å². The Morgan fingerprint density at radius 2 is 2.33 bits per heavy atom. The molecule has 0 spiro atoms. The van der Waals surface area contributed by atoms with Crippen molar-refractivity contribution in [1.82, 2.24) is 0 Å². The van der Waals surface area contributed by atoms with Gasteiger partial charge in [0, 0.05) is 16.5 Å². The number of rotatable bonds is 4. The summed E-state index contributed by atoms with van der Waals surface area (Å²) in [5, 5.41) is 13.8. The molecule has 15 heavy (non-hydrogen) atoms. The molecule has 0 aliphatic rings. The number of aliphatic hydroxyl groups excluding tert-OH is 1. The van der Waals surface area contributed by atoms with E-state index in [2.05, 4.69) is 10.0 Å². The third-order valence-electron chi connectivity index (χ3n) is 2.13. The summed E-state index contributed by atoms with van der Waals surface area (Å²) in [5.74, 6) is 0. The van der Waals surface area contributed by atoms with Crippen LogP contribution < -0.4 is 0 Å². The normalized spacial score (nSPS) is 11.9. The van der Waals surface area contributed by atoms with Crippen molar-refractivity contribution in [3.05, 3.63) is 44.8 Å². The molecule has 0 radical (unpaired) electrons. The van der Waals surface area contributed by atoms with Gasteiger partial charge >= 0.3 is 0 Å².